The van der Waals surface area contributed by atoms with Crippen LogP contribution in [-0.2, 0) is 9.59 Å². The van der Waals surface area contributed by atoms with Gasteiger partial charge in [0.25, 0.3) is 5.91 Å². The molecule has 2 aromatic rings. The lowest BCUT2D eigenvalue weighted by Gasteiger charge is -2.15. The molecule has 0 saturated carbocycles. The molecule has 2 N–H and O–H groups in total. The van der Waals surface area contributed by atoms with Crippen molar-refractivity contribution in [2.24, 2.45) is 4.99 Å². The molecule has 0 bridgehead atoms. The average molecular weight is 442 g/mol. The number of methoxy groups -OCH3 is 1. The number of hydrogen-bond donors (Lipinski definition) is 2. The van der Waals surface area contributed by atoms with E-state index in [9.17, 15) is 9.59 Å². The Labute approximate surface area is 183 Å². The van der Waals surface area contributed by atoms with Gasteiger partial charge >= 0.3 is 5.97 Å². The number of aliphatic imine (C=N–C) groups is 1. The summed E-state index contributed by atoms with van der Waals surface area (Å²) in [5, 5.41) is 12.2. The lowest BCUT2D eigenvalue weighted by Crippen LogP contribution is -2.23. The first-order valence-electron chi connectivity index (χ1n) is 9.50. The molecule has 0 spiro atoms. The minimum absolute atomic E-state index is 0.267. The van der Waals surface area contributed by atoms with Gasteiger partial charge in [-0.25, -0.2) is 9.79 Å². The first kappa shape index (κ1) is 22.2. The van der Waals surface area contributed by atoms with Gasteiger partial charge in [-0.3, -0.25) is 4.79 Å². The summed E-state index contributed by atoms with van der Waals surface area (Å²) in [5.74, 6) is -0.0158. The van der Waals surface area contributed by atoms with Crippen LogP contribution in [0.15, 0.2) is 52.4 Å². The van der Waals surface area contributed by atoms with E-state index in [4.69, 9.17) is 19.3 Å². The Hall–Kier alpha value is -3.46. The molecule has 9 heteroatoms. The number of amides is 1. The zero-order chi connectivity index (χ0) is 22.4. The van der Waals surface area contributed by atoms with Gasteiger partial charge in [-0.05, 0) is 61.5 Å². The number of nitrogens with zero attached hydrogens (tertiary/aromatic N) is 1. The lowest BCUT2D eigenvalue weighted by atomic mass is 10.2. The second-order valence-electron chi connectivity index (χ2n) is 6.39. The molecule has 1 amide bonds. The highest BCUT2D eigenvalue weighted by atomic mass is 32.2. The number of rotatable bonds is 8. The van der Waals surface area contributed by atoms with E-state index in [1.165, 1.54) is 18.7 Å². The number of aliphatic carboxylic acids is 1. The smallest absolute Gasteiger partial charge is 0.344 e. The molecule has 1 saturated heterocycles. The number of carboxylic acid groups (broad SMARTS) is 1. The van der Waals surface area contributed by atoms with Gasteiger partial charge in [0.15, 0.2) is 22.8 Å². The molecule has 2 aromatic carbocycles. The number of carboxylic acids is 1. The quantitative estimate of drug-likeness (QED) is 0.598. The number of benzene rings is 2. The molecule has 1 unspecified atom stereocenters. The number of nitrogens with one attached hydrogen (secondary N) is 1. The lowest BCUT2D eigenvalue weighted by molar-refractivity contribution is -0.144. The minimum atomic E-state index is -1.07. The molecular weight excluding hydrogens is 420 g/mol. The number of carbonyl (C=O) groups excluding carboxylic acids is 1. The third-order valence-corrected chi connectivity index (χ3v) is 5.08. The van der Waals surface area contributed by atoms with E-state index in [0.717, 1.165) is 0 Å². The summed E-state index contributed by atoms with van der Waals surface area (Å²) < 4.78 is 16.3. The Bertz CT molecular complexity index is 1050. The highest BCUT2D eigenvalue weighted by molar-refractivity contribution is 8.18. The van der Waals surface area contributed by atoms with Gasteiger partial charge < -0.3 is 24.6 Å². The summed E-state index contributed by atoms with van der Waals surface area (Å²) in [7, 11) is 1.56. The third kappa shape index (κ3) is 5.58. The van der Waals surface area contributed by atoms with Crippen molar-refractivity contribution in [3.63, 3.8) is 0 Å². The van der Waals surface area contributed by atoms with Gasteiger partial charge in [0, 0.05) is 0 Å². The van der Waals surface area contributed by atoms with Crippen molar-refractivity contribution in [2.75, 3.05) is 13.7 Å². The molecule has 0 radical (unpaired) electrons. The van der Waals surface area contributed by atoms with Crippen molar-refractivity contribution in [3.8, 4) is 17.2 Å². The van der Waals surface area contributed by atoms with Crippen molar-refractivity contribution < 1.29 is 28.9 Å². The maximum absolute atomic E-state index is 12.4. The predicted molar refractivity (Wildman–Crippen MR) is 119 cm³/mol. The molecule has 1 aliphatic heterocycles. The van der Waals surface area contributed by atoms with Crippen LogP contribution >= 0.6 is 11.8 Å². The van der Waals surface area contributed by atoms with Crippen molar-refractivity contribution in [1.29, 1.82) is 0 Å². The fourth-order valence-electron chi connectivity index (χ4n) is 2.68. The largest absolute Gasteiger partial charge is 0.494 e. The molecule has 3 rings (SSSR count). The Balaban J connectivity index is 1.84. The van der Waals surface area contributed by atoms with Crippen LogP contribution in [-0.4, -0.2) is 42.0 Å². The van der Waals surface area contributed by atoms with E-state index in [1.807, 2.05) is 19.1 Å². The molecule has 1 fully saturated rings. The van der Waals surface area contributed by atoms with E-state index >= 15 is 0 Å². The second-order valence-corrected chi connectivity index (χ2v) is 7.42. The molecule has 0 aromatic heterocycles. The van der Waals surface area contributed by atoms with Crippen LogP contribution in [0.4, 0.5) is 5.69 Å². The fraction of sp³-hybridized carbons (Fsp3) is 0.227. The molecular formula is C22H22N2O6S. The second kappa shape index (κ2) is 10.0. The molecule has 1 atom stereocenters. The number of carbonyl (C=O) groups is 2. The summed E-state index contributed by atoms with van der Waals surface area (Å²) >= 11 is 1.21. The summed E-state index contributed by atoms with van der Waals surface area (Å²) in [6.07, 6.45) is 0.686. The highest BCUT2D eigenvalue weighted by Crippen LogP contribution is 2.34. The average Bonchev–Trinajstić information content (AvgIpc) is 3.09. The molecule has 0 aliphatic carbocycles. The first-order chi connectivity index (χ1) is 14.9. The maximum atomic E-state index is 12.4. The van der Waals surface area contributed by atoms with Crippen molar-refractivity contribution in [2.45, 2.75) is 20.0 Å². The SMILES string of the molecule is CCOc1cc(/C=C2/SC(=Nc3ccccc3OC)NC2=O)ccc1OC(C)C(=O)O. The monoisotopic (exact) mass is 442 g/mol. The maximum Gasteiger partial charge on any atom is 0.344 e. The van der Waals surface area contributed by atoms with Crippen molar-refractivity contribution >= 4 is 40.6 Å². The topological polar surface area (TPSA) is 106 Å². The van der Waals surface area contributed by atoms with Gasteiger partial charge in [-0.1, -0.05) is 18.2 Å². The zero-order valence-electron chi connectivity index (χ0n) is 17.2. The van der Waals surface area contributed by atoms with Crippen LogP contribution in [0.3, 0.4) is 0 Å². The summed E-state index contributed by atoms with van der Waals surface area (Å²) in [6, 6.07) is 12.3. The van der Waals surface area contributed by atoms with Crippen molar-refractivity contribution in [1.82, 2.24) is 5.32 Å². The van der Waals surface area contributed by atoms with Crippen molar-refractivity contribution in [3.05, 3.63) is 52.9 Å². The first-order valence-corrected chi connectivity index (χ1v) is 10.3. The Morgan fingerprint density at radius 3 is 2.71 bits per heavy atom. The van der Waals surface area contributed by atoms with E-state index in [2.05, 4.69) is 10.3 Å². The van der Waals surface area contributed by atoms with Crippen LogP contribution in [0.25, 0.3) is 6.08 Å². The minimum Gasteiger partial charge on any atom is -0.494 e. The van der Waals surface area contributed by atoms with Gasteiger partial charge in [0.1, 0.15) is 11.4 Å². The van der Waals surface area contributed by atoms with E-state index in [1.54, 1.807) is 43.5 Å². The number of amidine groups is 1. The third-order valence-electron chi connectivity index (χ3n) is 4.17. The fourth-order valence-corrected chi connectivity index (χ4v) is 3.52. The number of ether oxygens (including phenoxy) is 3. The Morgan fingerprint density at radius 2 is 2.00 bits per heavy atom. The highest BCUT2D eigenvalue weighted by Gasteiger charge is 2.24. The van der Waals surface area contributed by atoms with E-state index < -0.39 is 12.1 Å². The molecule has 1 aliphatic rings. The zero-order valence-corrected chi connectivity index (χ0v) is 18.1. The molecule has 1 heterocycles. The normalized spacial score (nSPS) is 16.8. The van der Waals surface area contributed by atoms with Gasteiger partial charge in [-0.2, -0.15) is 0 Å². The standard InChI is InChI=1S/C22H22N2O6S/c1-4-29-18-11-14(9-10-17(18)30-13(2)21(26)27)12-19-20(25)24-22(31-19)23-15-7-5-6-8-16(15)28-3/h5-13H,4H2,1-3H3,(H,26,27)(H,23,24,25)/b19-12+. The number of hydrogen-bond acceptors (Lipinski definition) is 7. The molecule has 162 valence electrons. The summed E-state index contributed by atoms with van der Waals surface area (Å²) in [4.78, 5) is 28.4. The summed E-state index contributed by atoms with van der Waals surface area (Å²) in [5.41, 5.74) is 1.32. The van der Waals surface area contributed by atoms with E-state index in [0.29, 0.717) is 45.2 Å². The van der Waals surface area contributed by atoms with E-state index in [-0.39, 0.29) is 5.91 Å². The van der Waals surface area contributed by atoms with Crippen LogP contribution in [0, 0.1) is 0 Å². The Morgan fingerprint density at radius 1 is 1.23 bits per heavy atom. The predicted octanol–water partition coefficient (Wildman–Crippen LogP) is 3.84. The molecule has 8 nitrogen and oxygen atoms in total. The van der Waals surface area contributed by atoms with Gasteiger partial charge in [0.2, 0.25) is 0 Å². The summed E-state index contributed by atoms with van der Waals surface area (Å²) in [6.45, 7) is 3.63. The number of para-hydroxylation sites is 2. The van der Waals surface area contributed by atoms with Crippen LogP contribution in [0.1, 0.15) is 19.4 Å². The van der Waals surface area contributed by atoms with Crippen LogP contribution < -0.4 is 19.5 Å². The van der Waals surface area contributed by atoms with Crippen LogP contribution in [0.5, 0.6) is 17.2 Å². The van der Waals surface area contributed by atoms with Crippen LogP contribution in [0.2, 0.25) is 0 Å². The Kier molecular flexibility index (Phi) is 7.19. The van der Waals surface area contributed by atoms with Gasteiger partial charge in [-0.15, -0.1) is 0 Å². The molecule has 31 heavy (non-hydrogen) atoms. The number of thioether (sulfide) groups is 1. The van der Waals surface area contributed by atoms with Gasteiger partial charge in [0.05, 0.1) is 18.6 Å².